The van der Waals surface area contributed by atoms with E-state index in [0.717, 1.165) is 43.6 Å². The van der Waals surface area contributed by atoms with Crippen molar-refractivity contribution < 1.29 is 14.7 Å². The van der Waals surface area contributed by atoms with Crippen molar-refractivity contribution in [2.24, 2.45) is 0 Å². The Labute approximate surface area is 115 Å². The smallest absolute Gasteiger partial charge is 0.305 e. The van der Waals surface area contributed by atoms with Crippen molar-refractivity contribution in [1.29, 1.82) is 0 Å². The van der Waals surface area contributed by atoms with Crippen molar-refractivity contribution in [1.82, 2.24) is 14.5 Å². The van der Waals surface area contributed by atoms with E-state index in [-0.39, 0.29) is 12.3 Å². The molecule has 0 bridgehead atoms. The molecule has 1 fully saturated rings. The van der Waals surface area contributed by atoms with E-state index in [4.69, 9.17) is 5.11 Å². The molecule has 1 aromatic heterocycles. The van der Waals surface area contributed by atoms with Gasteiger partial charge in [-0.3, -0.25) is 9.59 Å². The van der Waals surface area contributed by atoms with Crippen LogP contribution in [0.4, 0.5) is 0 Å². The molecule has 104 valence electrons. The third-order valence-corrected chi connectivity index (χ3v) is 4.36. The molecule has 1 N–H and O–H groups in total. The molecule has 2 rings (SSSR count). The predicted molar refractivity (Wildman–Crippen MR) is 70.1 cm³/mol. The number of hydrogen-bond donors (Lipinski definition) is 1. The first-order valence-electron chi connectivity index (χ1n) is 6.32. The van der Waals surface area contributed by atoms with E-state index in [1.807, 2.05) is 0 Å². The van der Waals surface area contributed by atoms with Crippen molar-refractivity contribution >= 4 is 23.4 Å². The molecule has 0 spiro atoms. The van der Waals surface area contributed by atoms with E-state index in [0.29, 0.717) is 5.69 Å². The maximum atomic E-state index is 12.3. The molecule has 0 aliphatic heterocycles. The Kier molecular flexibility index (Phi) is 4.14. The van der Waals surface area contributed by atoms with Crippen molar-refractivity contribution in [2.75, 3.05) is 7.05 Å². The Hall–Kier alpha value is -1.50. The molecule has 7 heteroatoms. The van der Waals surface area contributed by atoms with Gasteiger partial charge in [-0.05, 0) is 24.4 Å². The van der Waals surface area contributed by atoms with Gasteiger partial charge in [0.15, 0.2) is 5.69 Å². The lowest BCUT2D eigenvalue weighted by atomic mass is 9.78. The van der Waals surface area contributed by atoms with Crippen LogP contribution >= 0.6 is 11.5 Å². The van der Waals surface area contributed by atoms with Gasteiger partial charge in [-0.15, -0.1) is 5.10 Å². The molecule has 0 radical (unpaired) electrons. The lowest BCUT2D eigenvalue weighted by Gasteiger charge is -2.43. The van der Waals surface area contributed by atoms with Crippen LogP contribution in [0.1, 0.15) is 49.0 Å². The van der Waals surface area contributed by atoms with Gasteiger partial charge in [0.1, 0.15) is 0 Å². The fourth-order valence-corrected chi connectivity index (χ4v) is 3.20. The summed E-state index contributed by atoms with van der Waals surface area (Å²) < 4.78 is 3.68. The summed E-state index contributed by atoms with van der Waals surface area (Å²) in [6.45, 7) is 0. The van der Waals surface area contributed by atoms with Crippen LogP contribution in [0.5, 0.6) is 0 Å². The van der Waals surface area contributed by atoms with Gasteiger partial charge in [-0.2, -0.15) is 0 Å². The molecule has 1 aliphatic carbocycles. The van der Waals surface area contributed by atoms with E-state index in [1.54, 1.807) is 17.3 Å². The summed E-state index contributed by atoms with van der Waals surface area (Å²) >= 11 is 1.12. The summed E-state index contributed by atoms with van der Waals surface area (Å²) in [5.74, 6) is -1.10. The lowest BCUT2D eigenvalue weighted by molar-refractivity contribution is -0.140. The Morgan fingerprint density at radius 2 is 2.11 bits per heavy atom. The standard InChI is InChI=1S/C12H17N3O3S/c1-15(11(18)9-8-19-14-13-9)12(7-10(16)17)5-3-2-4-6-12/h8H,2-7H2,1H3,(H,16,17). The second-order valence-electron chi connectivity index (χ2n) is 5.01. The zero-order valence-electron chi connectivity index (χ0n) is 10.8. The Balaban J connectivity index is 2.22. The van der Waals surface area contributed by atoms with Crippen LogP contribution in [0.15, 0.2) is 5.38 Å². The quantitative estimate of drug-likeness (QED) is 0.910. The topological polar surface area (TPSA) is 83.4 Å². The Morgan fingerprint density at radius 1 is 1.42 bits per heavy atom. The van der Waals surface area contributed by atoms with Crippen LogP contribution in [0, 0.1) is 0 Å². The van der Waals surface area contributed by atoms with Gasteiger partial charge in [0.05, 0.1) is 12.0 Å². The van der Waals surface area contributed by atoms with Crippen molar-refractivity contribution in [3.8, 4) is 0 Å². The molecular formula is C12H17N3O3S. The highest BCUT2D eigenvalue weighted by Crippen LogP contribution is 2.36. The van der Waals surface area contributed by atoms with Crippen LogP contribution in [0.2, 0.25) is 0 Å². The fraction of sp³-hybridized carbons (Fsp3) is 0.667. The number of carboxylic acid groups (broad SMARTS) is 1. The molecule has 0 unspecified atom stereocenters. The summed E-state index contributed by atoms with van der Waals surface area (Å²) in [6.07, 6.45) is 4.48. The first-order valence-corrected chi connectivity index (χ1v) is 7.16. The van der Waals surface area contributed by atoms with Crippen molar-refractivity contribution in [3.05, 3.63) is 11.1 Å². The lowest BCUT2D eigenvalue weighted by Crippen LogP contribution is -2.52. The van der Waals surface area contributed by atoms with E-state index < -0.39 is 11.5 Å². The first-order chi connectivity index (χ1) is 9.05. The second kappa shape index (κ2) is 5.64. The van der Waals surface area contributed by atoms with Crippen LogP contribution in [0.25, 0.3) is 0 Å². The largest absolute Gasteiger partial charge is 0.481 e. The summed E-state index contributed by atoms with van der Waals surface area (Å²) in [5.41, 5.74) is -0.284. The number of nitrogens with zero attached hydrogens (tertiary/aromatic N) is 3. The molecule has 1 aliphatic rings. The van der Waals surface area contributed by atoms with E-state index in [2.05, 4.69) is 9.59 Å². The van der Waals surface area contributed by atoms with Gasteiger partial charge < -0.3 is 10.0 Å². The maximum Gasteiger partial charge on any atom is 0.305 e. The summed E-state index contributed by atoms with van der Waals surface area (Å²) in [4.78, 5) is 25.0. The summed E-state index contributed by atoms with van der Waals surface area (Å²) in [5, 5.41) is 14.5. The molecule has 6 nitrogen and oxygen atoms in total. The minimum Gasteiger partial charge on any atom is -0.481 e. The summed E-state index contributed by atoms with van der Waals surface area (Å²) in [6, 6.07) is 0. The highest BCUT2D eigenvalue weighted by Gasteiger charge is 2.41. The molecule has 19 heavy (non-hydrogen) atoms. The number of rotatable bonds is 4. The number of aliphatic carboxylic acids is 1. The predicted octanol–water partition coefficient (Wildman–Crippen LogP) is 1.79. The van der Waals surface area contributed by atoms with Crippen molar-refractivity contribution in [2.45, 2.75) is 44.1 Å². The van der Waals surface area contributed by atoms with Crippen LogP contribution < -0.4 is 0 Å². The number of amides is 1. The molecule has 1 aromatic rings. The second-order valence-corrected chi connectivity index (χ2v) is 5.62. The zero-order valence-corrected chi connectivity index (χ0v) is 11.7. The molecule has 0 saturated heterocycles. The number of carbonyl (C=O) groups excluding carboxylic acids is 1. The number of aromatic nitrogens is 2. The molecule has 1 saturated carbocycles. The molecule has 1 amide bonds. The third kappa shape index (κ3) is 2.91. The number of carboxylic acids is 1. The van der Waals surface area contributed by atoms with Gasteiger partial charge in [-0.25, -0.2) is 0 Å². The average Bonchev–Trinajstić information content (AvgIpc) is 2.91. The molecule has 0 atom stereocenters. The number of carbonyl (C=O) groups is 2. The normalized spacial score (nSPS) is 17.9. The Morgan fingerprint density at radius 3 is 2.63 bits per heavy atom. The fourth-order valence-electron chi connectivity index (χ4n) is 2.77. The molecule has 0 aromatic carbocycles. The van der Waals surface area contributed by atoms with Gasteiger partial charge in [0, 0.05) is 12.4 Å². The molecule has 1 heterocycles. The van der Waals surface area contributed by atoms with E-state index >= 15 is 0 Å². The van der Waals surface area contributed by atoms with Crippen molar-refractivity contribution in [3.63, 3.8) is 0 Å². The first kappa shape index (κ1) is 13.9. The van der Waals surface area contributed by atoms with Gasteiger partial charge in [0.25, 0.3) is 5.91 Å². The highest BCUT2D eigenvalue weighted by atomic mass is 32.1. The minimum absolute atomic E-state index is 0.00714. The highest BCUT2D eigenvalue weighted by molar-refractivity contribution is 7.03. The van der Waals surface area contributed by atoms with Gasteiger partial charge in [0.2, 0.25) is 0 Å². The van der Waals surface area contributed by atoms with Crippen LogP contribution in [-0.2, 0) is 4.79 Å². The van der Waals surface area contributed by atoms with E-state index in [9.17, 15) is 9.59 Å². The number of hydrogen-bond acceptors (Lipinski definition) is 5. The minimum atomic E-state index is -0.863. The monoisotopic (exact) mass is 283 g/mol. The maximum absolute atomic E-state index is 12.3. The van der Waals surface area contributed by atoms with Gasteiger partial charge >= 0.3 is 5.97 Å². The summed E-state index contributed by atoms with van der Waals surface area (Å²) in [7, 11) is 1.68. The van der Waals surface area contributed by atoms with Crippen LogP contribution in [-0.4, -0.2) is 44.1 Å². The Bertz CT molecular complexity index is 455. The van der Waals surface area contributed by atoms with Crippen LogP contribution in [0.3, 0.4) is 0 Å². The SMILES string of the molecule is CN(C(=O)c1csnn1)C1(CC(=O)O)CCCCC1. The zero-order chi connectivity index (χ0) is 13.9. The molecular weight excluding hydrogens is 266 g/mol. The van der Waals surface area contributed by atoms with E-state index in [1.165, 1.54) is 0 Å². The third-order valence-electron chi connectivity index (χ3n) is 3.86. The average molecular weight is 283 g/mol. The van der Waals surface area contributed by atoms with Gasteiger partial charge in [-0.1, -0.05) is 23.8 Å².